The second kappa shape index (κ2) is 8.85. The minimum absolute atomic E-state index is 1.03. The van der Waals surface area contributed by atoms with Crippen LogP contribution in [0.4, 0.5) is 0 Å². The zero-order valence-electron chi connectivity index (χ0n) is 16.7. The van der Waals surface area contributed by atoms with Gasteiger partial charge in [-0.3, -0.25) is 0 Å². The van der Waals surface area contributed by atoms with E-state index >= 15 is 0 Å². The zero-order valence-corrected chi connectivity index (χ0v) is 16.7. The van der Waals surface area contributed by atoms with Crippen LogP contribution >= 0.6 is 0 Å². The van der Waals surface area contributed by atoms with E-state index in [0.717, 1.165) is 12.8 Å². The van der Waals surface area contributed by atoms with Gasteiger partial charge in [0, 0.05) is 0 Å². The van der Waals surface area contributed by atoms with Crippen LogP contribution in [0.2, 0.25) is 0 Å². The summed E-state index contributed by atoms with van der Waals surface area (Å²) in [5.41, 5.74) is 11.0. The van der Waals surface area contributed by atoms with E-state index in [2.05, 4.69) is 90.1 Å². The van der Waals surface area contributed by atoms with Gasteiger partial charge in [0.1, 0.15) is 0 Å². The van der Waals surface area contributed by atoms with Crippen molar-refractivity contribution in [2.75, 3.05) is 0 Å². The molecule has 25 heavy (non-hydrogen) atoms. The molecule has 0 aliphatic rings. The average molecular weight is 333 g/mol. The maximum atomic E-state index is 2.42. The Bertz CT molecular complexity index is 784. The molecule has 2 rings (SSSR count). The van der Waals surface area contributed by atoms with Crippen molar-refractivity contribution in [3.05, 3.63) is 80.9 Å². The van der Waals surface area contributed by atoms with E-state index in [-0.39, 0.29) is 0 Å². The van der Waals surface area contributed by atoms with E-state index in [9.17, 15) is 0 Å². The van der Waals surface area contributed by atoms with E-state index in [0.29, 0.717) is 0 Å². The molecule has 0 saturated carbocycles. The van der Waals surface area contributed by atoms with E-state index in [4.69, 9.17) is 0 Å². The van der Waals surface area contributed by atoms with Crippen LogP contribution < -0.4 is 0 Å². The molecular formula is C25H32. The molecule has 0 N–H and O–H groups in total. The van der Waals surface area contributed by atoms with Crippen molar-refractivity contribution >= 4 is 12.2 Å². The fourth-order valence-corrected chi connectivity index (χ4v) is 3.19. The van der Waals surface area contributed by atoms with Crippen molar-refractivity contribution in [1.82, 2.24) is 0 Å². The van der Waals surface area contributed by atoms with Gasteiger partial charge in [-0.15, -0.1) is 0 Å². The average Bonchev–Trinajstić information content (AvgIpc) is 2.54. The van der Waals surface area contributed by atoms with Gasteiger partial charge in [0.2, 0.25) is 0 Å². The summed E-state index contributed by atoms with van der Waals surface area (Å²) >= 11 is 0. The first-order valence-electron chi connectivity index (χ1n) is 9.41. The predicted molar refractivity (Wildman–Crippen MR) is 113 cm³/mol. The molecule has 0 aliphatic heterocycles. The molecule has 0 spiro atoms. The maximum absolute atomic E-state index is 2.42. The summed E-state index contributed by atoms with van der Waals surface area (Å²) in [6.07, 6.45) is 10.2. The second-order valence-corrected chi connectivity index (χ2v) is 7.41. The molecule has 0 atom stereocenters. The smallest absolute Gasteiger partial charge is 0.00922 e. The lowest BCUT2D eigenvalue weighted by molar-refractivity contribution is 0.915. The summed E-state index contributed by atoms with van der Waals surface area (Å²) in [4.78, 5) is 0. The lowest BCUT2D eigenvalue weighted by Crippen LogP contribution is -1.96. The first-order chi connectivity index (χ1) is 11.9. The van der Waals surface area contributed by atoms with Gasteiger partial charge >= 0.3 is 0 Å². The van der Waals surface area contributed by atoms with Gasteiger partial charge in [-0.05, 0) is 80.8 Å². The Morgan fingerprint density at radius 1 is 0.840 bits per heavy atom. The number of aryl methyl sites for hydroxylation is 4. The van der Waals surface area contributed by atoms with Gasteiger partial charge in [-0.25, -0.2) is 0 Å². The maximum Gasteiger partial charge on any atom is -0.00922 e. The topological polar surface area (TPSA) is 0 Å². The van der Waals surface area contributed by atoms with Crippen molar-refractivity contribution in [2.45, 2.75) is 60.8 Å². The quantitative estimate of drug-likeness (QED) is 0.386. The summed E-state index contributed by atoms with van der Waals surface area (Å²) in [5, 5.41) is 0. The van der Waals surface area contributed by atoms with Crippen LogP contribution in [0.5, 0.6) is 0 Å². The summed E-state index contributed by atoms with van der Waals surface area (Å²) in [6, 6.07) is 11.4. The molecule has 0 saturated heterocycles. The third-order valence-corrected chi connectivity index (χ3v) is 4.72. The molecule has 0 heteroatoms. The Morgan fingerprint density at radius 2 is 1.56 bits per heavy atom. The van der Waals surface area contributed by atoms with Gasteiger partial charge in [0.15, 0.2) is 0 Å². The standard InChI is InChI=1S/C25H32/c1-7-8-24-17-23(11-9-18(2)3)21(6)16-25(24)14-13-22-12-10-19(4)15-20(22)5/h9-10,12-17H,7-8,11H2,1-6H3/b14-13+. The van der Waals surface area contributed by atoms with Crippen LogP contribution in [0.1, 0.15) is 66.1 Å². The Hall–Kier alpha value is -2.08. The van der Waals surface area contributed by atoms with Crippen LogP contribution in [-0.4, -0.2) is 0 Å². The predicted octanol–water partition coefficient (Wildman–Crippen LogP) is 7.24. The third kappa shape index (κ3) is 5.46. The minimum atomic E-state index is 1.03. The van der Waals surface area contributed by atoms with Crippen LogP contribution in [-0.2, 0) is 12.8 Å². The van der Waals surface area contributed by atoms with E-state index in [1.54, 1.807) is 0 Å². The van der Waals surface area contributed by atoms with Gasteiger partial charge in [0.05, 0.1) is 0 Å². The monoisotopic (exact) mass is 332 g/mol. The third-order valence-electron chi connectivity index (χ3n) is 4.72. The summed E-state index contributed by atoms with van der Waals surface area (Å²) in [6.45, 7) is 13.2. The highest BCUT2D eigenvalue weighted by Gasteiger charge is 2.05. The van der Waals surface area contributed by atoms with Crippen LogP contribution in [0, 0.1) is 20.8 Å². The van der Waals surface area contributed by atoms with Gasteiger partial charge in [0.25, 0.3) is 0 Å². The highest BCUT2D eigenvalue weighted by atomic mass is 14.1. The normalized spacial score (nSPS) is 11.1. The molecule has 0 aromatic heterocycles. The van der Waals surface area contributed by atoms with Gasteiger partial charge in [-0.1, -0.05) is 73.0 Å². The second-order valence-electron chi connectivity index (χ2n) is 7.41. The molecule has 0 heterocycles. The highest BCUT2D eigenvalue weighted by Crippen LogP contribution is 2.22. The molecule has 2 aromatic carbocycles. The molecule has 0 nitrogen and oxygen atoms in total. The van der Waals surface area contributed by atoms with Crippen molar-refractivity contribution in [3.8, 4) is 0 Å². The number of allylic oxidation sites excluding steroid dienone is 2. The fraction of sp³-hybridized carbons (Fsp3) is 0.360. The van der Waals surface area contributed by atoms with Crippen LogP contribution in [0.3, 0.4) is 0 Å². The van der Waals surface area contributed by atoms with Crippen LogP contribution in [0.15, 0.2) is 42.0 Å². The molecular weight excluding hydrogens is 300 g/mol. The summed E-state index contributed by atoms with van der Waals surface area (Å²) in [7, 11) is 0. The van der Waals surface area contributed by atoms with Gasteiger partial charge in [-0.2, -0.15) is 0 Å². The first-order valence-corrected chi connectivity index (χ1v) is 9.41. The van der Waals surface area contributed by atoms with Crippen molar-refractivity contribution < 1.29 is 0 Å². The first kappa shape index (κ1) is 19.2. The van der Waals surface area contributed by atoms with E-state index in [1.165, 1.54) is 50.9 Å². The lowest BCUT2D eigenvalue weighted by Gasteiger charge is -2.12. The highest BCUT2D eigenvalue weighted by molar-refractivity contribution is 5.73. The summed E-state index contributed by atoms with van der Waals surface area (Å²) in [5.74, 6) is 0. The SMILES string of the molecule is CCCc1cc(CC=C(C)C)c(C)cc1/C=C/c1ccc(C)cc1C. The molecule has 2 aromatic rings. The van der Waals surface area contributed by atoms with E-state index < -0.39 is 0 Å². The fourth-order valence-electron chi connectivity index (χ4n) is 3.19. The Morgan fingerprint density at radius 3 is 2.20 bits per heavy atom. The molecule has 0 aliphatic carbocycles. The van der Waals surface area contributed by atoms with Crippen molar-refractivity contribution in [3.63, 3.8) is 0 Å². The largest absolute Gasteiger partial charge is 0.0815 e. The Labute approximate surface area is 154 Å². The molecule has 0 amide bonds. The lowest BCUT2D eigenvalue weighted by atomic mass is 9.93. The van der Waals surface area contributed by atoms with Gasteiger partial charge < -0.3 is 0 Å². The minimum Gasteiger partial charge on any atom is -0.0815 e. The number of benzene rings is 2. The number of hydrogen-bond donors (Lipinski definition) is 0. The number of hydrogen-bond acceptors (Lipinski definition) is 0. The van der Waals surface area contributed by atoms with Crippen molar-refractivity contribution in [1.29, 1.82) is 0 Å². The molecule has 0 radical (unpaired) electrons. The zero-order chi connectivity index (χ0) is 18.4. The van der Waals surface area contributed by atoms with Crippen LogP contribution in [0.25, 0.3) is 12.2 Å². The molecule has 0 unspecified atom stereocenters. The Balaban J connectivity index is 2.37. The number of rotatable bonds is 6. The van der Waals surface area contributed by atoms with Crippen molar-refractivity contribution in [2.24, 2.45) is 0 Å². The van der Waals surface area contributed by atoms with E-state index in [1.807, 2.05) is 0 Å². The molecule has 0 fully saturated rings. The summed E-state index contributed by atoms with van der Waals surface area (Å²) < 4.78 is 0. The molecule has 132 valence electrons. The Kier molecular flexibility index (Phi) is 6.82. The molecule has 0 bridgehead atoms.